The van der Waals surface area contributed by atoms with Crippen LogP contribution in [0.3, 0.4) is 0 Å². The molecular weight excluding hydrogens is 135 g/mol. The van der Waals surface area contributed by atoms with Gasteiger partial charge in [-0.2, -0.15) is 0 Å². The van der Waals surface area contributed by atoms with Crippen LogP contribution in [0.1, 0.15) is 0 Å². The van der Waals surface area contributed by atoms with E-state index in [4.69, 9.17) is 11.6 Å². The molecule has 0 aromatic carbocycles. The molecule has 0 bridgehead atoms. The van der Waals surface area contributed by atoms with Crippen molar-refractivity contribution in [2.24, 2.45) is 0 Å². The normalized spacial score (nSPS) is 9.38. The van der Waals surface area contributed by atoms with E-state index in [1.807, 2.05) is 0 Å². The van der Waals surface area contributed by atoms with Crippen molar-refractivity contribution in [3.63, 3.8) is 0 Å². The molecule has 0 N–H and O–H groups in total. The third kappa shape index (κ3) is 1.71. The van der Waals surface area contributed by atoms with E-state index in [1.54, 1.807) is 12.4 Å². The maximum absolute atomic E-state index is 5.45. The molecule has 0 aliphatic heterocycles. The maximum atomic E-state index is 5.45. The zero-order valence-electron chi connectivity index (χ0n) is 4.43. The number of aromatic nitrogens is 2. The van der Waals surface area contributed by atoms with Gasteiger partial charge in [0.25, 0.3) is 0 Å². The Morgan fingerprint density at radius 2 is 2.12 bits per heavy atom. The van der Waals surface area contributed by atoms with Crippen LogP contribution in [0.2, 0.25) is 5.15 Å². The van der Waals surface area contributed by atoms with Gasteiger partial charge in [0.2, 0.25) is 0 Å². The molecule has 1 rings (SSSR count). The summed E-state index contributed by atoms with van der Waals surface area (Å²) in [5, 5.41) is 0.463. The number of hydrogen-bond donors (Lipinski definition) is 0. The molecule has 0 aliphatic carbocycles. The number of hydrogen-bond acceptors (Lipinski definition) is 2. The van der Waals surface area contributed by atoms with Crippen molar-refractivity contribution >= 4 is 42.5 Å². The minimum atomic E-state index is 0.463. The third-order valence-corrected chi connectivity index (χ3v) is 1.46. The van der Waals surface area contributed by atoms with E-state index in [0.717, 1.165) is 30.9 Å². The molecule has 1 aromatic rings. The molecule has 36 valence electrons. The summed E-state index contributed by atoms with van der Waals surface area (Å²) in [5.74, 6) is 0. The van der Waals surface area contributed by atoms with E-state index in [2.05, 4.69) is 9.97 Å². The summed E-state index contributed by atoms with van der Waals surface area (Å²) in [6, 6.07) is 0. The van der Waals surface area contributed by atoms with Crippen molar-refractivity contribution in [2.75, 3.05) is 0 Å². The summed E-state index contributed by atoms with van der Waals surface area (Å²) in [5.41, 5.74) is 0. The van der Waals surface area contributed by atoms with Crippen molar-refractivity contribution in [1.82, 2.24) is 9.97 Å². The van der Waals surface area contributed by atoms with E-state index < -0.39 is 0 Å². The van der Waals surface area contributed by atoms with Crippen LogP contribution in [0, 0.1) is 0 Å². The van der Waals surface area contributed by atoms with Crippen LogP contribution < -0.4 is 2.94 Å². The van der Waals surface area contributed by atoms with Crippen molar-refractivity contribution < 1.29 is 0 Å². The summed E-state index contributed by atoms with van der Waals surface area (Å²) >= 11 is 6.39. The van der Waals surface area contributed by atoms with Gasteiger partial charge in [-0.1, -0.05) is 0 Å². The van der Waals surface area contributed by atoms with Crippen LogP contribution >= 0.6 is 11.6 Å². The van der Waals surface area contributed by atoms with Gasteiger partial charge in [0.1, 0.15) is 0 Å². The van der Waals surface area contributed by atoms with Gasteiger partial charge < -0.3 is 0 Å². The molecule has 0 radical (unpaired) electrons. The van der Waals surface area contributed by atoms with Gasteiger partial charge in [0, 0.05) is 0 Å². The van der Waals surface area contributed by atoms with Crippen LogP contribution in [-0.4, -0.2) is 37.9 Å². The minimum absolute atomic E-state index is 0.463. The molecular formula is C4H2ClN2Na. The molecule has 0 aliphatic rings. The predicted octanol–water partition coefficient (Wildman–Crippen LogP) is -0.0762. The Balaban J connectivity index is 3.03. The quantitative estimate of drug-likeness (QED) is 0.467. The van der Waals surface area contributed by atoms with Gasteiger partial charge in [-0.25, -0.2) is 0 Å². The zero-order chi connectivity index (χ0) is 5.98. The van der Waals surface area contributed by atoms with Gasteiger partial charge in [-0.15, -0.1) is 0 Å². The number of halogens is 1. The molecule has 0 unspecified atom stereocenters. The van der Waals surface area contributed by atoms with Crippen LogP contribution in [0.25, 0.3) is 0 Å². The molecule has 0 fully saturated rings. The molecule has 0 saturated heterocycles. The Morgan fingerprint density at radius 3 is 2.50 bits per heavy atom. The molecule has 4 heteroatoms. The molecule has 0 spiro atoms. The average Bonchev–Trinajstić information content (AvgIpc) is 1.77. The molecule has 0 saturated carbocycles. The number of rotatable bonds is 0. The Bertz CT molecular complexity index is 153. The van der Waals surface area contributed by atoms with Crippen LogP contribution in [0.5, 0.6) is 0 Å². The van der Waals surface area contributed by atoms with E-state index >= 15 is 0 Å². The first kappa shape index (κ1) is 6.49. The fraction of sp³-hybridized carbons (Fsp3) is 0. The van der Waals surface area contributed by atoms with E-state index in [9.17, 15) is 0 Å². The monoisotopic (exact) mass is 136 g/mol. The fourth-order valence-corrected chi connectivity index (χ4v) is 0.733. The van der Waals surface area contributed by atoms with E-state index in [0.29, 0.717) is 5.15 Å². The van der Waals surface area contributed by atoms with Gasteiger partial charge in [0.15, 0.2) is 0 Å². The van der Waals surface area contributed by atoms with Gasteiger partial charge >= 0.3 is 70.0 Å². The first-order chi connectivity index (χ1) is 3.79. The standard InChI is InChI=1S/C4H2ClN2.Na/c5-4-3-6-1-2-7-4;/h2-3H;. The molecule has 1 aromatic heterocycles. The summed E-state index contributed by atoms with van der Waals surface area (Å²) < 4.78 is 1.02. The Kier molecular flexibility index (Phi) is 2.26. The van der Waals surface area contributed by atoms with Gasteiger partial charge in [-0.3, -0.25) is 0 Å². The first-order valence-electron chi connectivity index (χ1n) is 2.23. The van der Waals surface area contributed by atoms with Crippen molar-refractivity contribution in [2.45, 2.75) is 0 Å². The predicted molar refractivity (Wildman–Crippen MR) is 32.4 cm³/mol. The Labute approximate surface area is 69.7 Å². The van der Waals surface area contributed by atoms with E-state index in [-0.39, 0.29) is 0 Å². The second kappa shape index (κ2) is 2.78. The molecule has 1 heterocycles. The summed E-state index contributed by atoms with van der Waals surface area (Å²) in [7, 11) is 0. The van der Waals surface area contributed by atoms with Crippen LogP contribution in [-0.2, 0) is 0 Å². The van der Waals surface area contributed by atoms with E-state index in [1.165, 1.54) is 0 Å². The summed E-state index contributed by atoms with van der Waals surface area (Å²) in [6.45, 7) is 0. The Hall–Kier alpha value is 0.370. The molecule has 2 nitrogen and oxygen atoms in total. The summed E-state index contributed by atoms with van der Waals surface area (Å²) in [6.07, 6.45) is 3.25. The van der Waals surface area contributed by atoms with Crippen molar-refractivity contribution in [3.05, 3.63) is 17.5 Å². The van der Waals surface area contributed by atoms with Crippen LogP contribution in [0.4, 0.5) is 0 Å². The summed E-state index contributed by atoms with van der Waals surface area (Å²) in [4.78, 5) is 7.76. The third-order valence-electron chi connectivity index (χ3n) is 0.749. The number of nitrogens with zero attached hydrogens (tertiary/aromatic N) is 2. The second-order valence-corrected chi connectivity index (χ2v) is 2.89. The molecule has 0 amide bonds. The first-order valence-corrected chi connectivity index (χ1v) is 3.61. The second-order valence-electron chi connectivity index (χ2n) is 1.48. The van der Waals surface area contributed by atoms with Crippen molar-refractivity contribution in [1.29, 1.82) is 0 Å². The van der Waals surface area contributed by atoms with Gasteiger partial charge in [0.05, 0.1) is 0 Å². The average molecular weight is 137 g/mol. The Morgan fingerprint density at radius 1 is 1.38 bits per heavy atom. The van der Waals surface area contributed by atoms with Crippen LogP contribution in [0.15, 0.2) is 12.4 Å². The SMILES string of the molecule is [Na][c]1cnc(Cl)cn1. The topological polar surface area (TPSA) is 25.8 Å². The van der Waals surface area contributed by atoms with Gasteiger partial charge in [-0.05, 0) is 0 Å². The van der Waals surface area contributed by atoms with Crippen molar-refractivity contribution in [3.8, 4) is 0 Å². The zero-order valence-corrected chi connectivity index (χ0v) is 7.18. The fourth-order valence-electron chi connectivity index (χ4n) is 0.377. The molecule has 8 heavy (non-hydrogen) atoms. The molecule has 0 atom stereocenters.